The van der Waals surface area contributed by atoms with Crippen molar-refractivity contribution in [2.75, 3.05) is 44.6 Å². The molecule has 4 rings (SSSR count). The van der Waals surface area contributed by atoms with Crippen molar-refractivity contribution in [1.82, 2.24) is 20.2 Å². The molecule has 0 saturated carbocycles. The van der Waals surface area contributed by atoms with Crippen molar-refractivity contribution in [3.05, 3.63) is 16.8 Å². The van der Waals surface area contributed by atoms with Gasteiger partial charge in [-0.1, -0.05) is 6.42 Å². The van der Waals surface area contributed by atoms with Crippen LogP contribution >= 0.6 is 11.3 Å². The van der Waals surface area contributed by atoms with E-state index in [1.54, 1.807) is 6.33 Å². The molecule has 0 radical (unpaired) electrons. The summed E-state index contributed by atoms with van der Waals surface area (Å²) in [6.07, 6.45) is 7.86. The first-order valence-electron chi connectivity index (χ1n) is 10.3. The highest BCUT2D eigenvalue weighted by atomic mass is 32.1. The number of likely N-dealkylation sites (tertiary alicyclic amines) is 1. The number of amides is 1. The molecule has 28 heavy (non-hydrogen) atoms. The number of nitrogens with one attached hydrogen (secondary N) is 2. The van der Waals surface area contributed by atoms with Gasteiger partial charge < -0.3 is 20.3 Å². The summed E-state index contributed by atoms with van der Waals surface area (Å²) in [7, 11) is 0. The van der Waals surface area contributed by atoms with Crippen molar-refractivity contribution >= 4 is 33.3 Å². The second-order valence-corrected chi connectivity index (χ2v) is 8.63. The minimum atomic E-state index is -0.0115. The Balaban J connectivity index is 1.41. The first kappa shape index (κ1) is 19.5. The number of piperidine rings is 1. The van der Waals surface area contributed by atoms with E-state index in [-0.39, 0.29) is 12.0 Å². The van der Waals surface area contributed by atoms with Crippen LogP contribution in [0.15, 0.2) is 6.33 Å². The van der Waals surface area contributed by atoms with Crippen molar-refractivity contribution in [3.63, 3.8) is 0 Å². The fourth-order valence-electron chi connectivity index (χ4n) is 4.03. The second kappa shape index (κ2) is 9.15. The Morgan fingerprint density at radius 3 is 2.93 bits per heavy atom. The Labute approximate surface area is 169 Å². The molecule has 0 aromatic carbocycles. The number of fused-ring (bicyclic) bond motifs is 1. The molecule has 2 fully saturated rings. The van der Waals surface area contributed by atoms with Gasteiger partial charge in [-0.05, 0) is 51.3 Å². The van der Waals surface area contributed by atoms with E-state index in [4.69, 9.17) is 4.74 Å². The molecule has 0 spiro atoms. The minimum Gasteiger partial charge on any atom is -0.376 e. The number of carbonyl (C=O) groups is 1. The molecule has 4 heterocycles. The average Bonchev–Trinajstić information content (AvgIpc) is 3.35. The summed E-state index contributed by atoms with van der Waals surface area (Å²) in [5, 5.41) is 7.44. The lowest BCUT2D eigenvalue weighted by molar-refractivity contribution is 0.0950. The van der Waals surface area contributed by atoms with Gasteiger partial charge in [0.15, 0.2) is 0 Å². The maximum Gasteiger partial charge on any atom is 0.261 e. The van der Waals surface area contributed by atoms with Crippen LogP contribution in [0.25, 0.3) is 10.2 Å². The van der Waals surface area contributed by atoms with Crippen LogP contribution in [0.1, 0.15) is 47.3 Å². The maximum absolute atomic E-state index is 12.7. The van der Waals surface area contributed by atoms with Gasteiger partial charge in [0.2, 0.25) is 0 Å². The average molecular weight is 404 g/mol. The van der Waals surface area contributed by atoms with Gasteiger partial charge >= 0.3 is 0 Å². The van der Waals surface area contributed by atoms with Crippen molar-refractivity contribution < 1.29 is 9.53 Å². The molecule has 0 bridgehead atoms. The fourth-order valence-corrected chi connectivity index (χ4v) is 5.09. The number of nitrogens with zero attached hydrogens (tertiary/aromatic N) is 3. The van der Waals surface area contributed by atoms with Crippen LogP contribution in [0, 0.1) is 6.92 Å². The van der Waals surface area contributed by atoms with E-state index in [1.807, 2.05) is 6.92 Å². The molecule has 152 valence electrons. The monoisotopic (exact) mass is 403 g/mol. The third-order valence-corrected chi connectivity index (χ3v) is 6.82. The molecule has 7 nitrogen and oxygen atoms in total. The highest BCUT2D eigenvalue weighted by Gasteiger charge is 2.21. The molecule has 2 aliphatic heterocycles. The summed E-state index contributed by atoms with van der Waals surface area (Å²) in [4.78, 5) is 25.6. The number of aryl methyl sites for hydroxylation is 1. The molecule has 1 atom stereocenters. The predicted octanol–water partition coefficient (Wildman–Crippen LogP) is 2.81. The summed E-state index contributed by atoms with van der Waals surface area (Å²) in [6.45, 7) is 7.45. The number of ether oxygens (including phenoxy) is 1. The number of aromatic nitrogens is 2. The van der Waals surface area contributed by atoms with Crippen LogP contribution in [0.3, 0.4) is 0 Å². The summed E-state index contributed by atoms with van der Waals surface area (Å²) < 4.78 is 5.68. The van der Waals surface area contributed by atoms with Crippen LogP contribution in [0.4, 0.5) is 5.82 Å². The molecule has 2 saturated heterocycles. The number of rotatable bonds is 7. The zero-order valence-corrected chi connectivity index (χ0v) is 17.3. The van der Waals surface area contributed by atoms with Crippen LogP contribution in [0.5, 0.6) is 0 Å². The van der Waals surface area contributed by atoms with Gasteiger partial charge in [-0.2, -0.15) is 0 Å². The molecule has 2 aliphatic rings. The first-order valence-corrected chi connectivity index (χ1v) is 11.1. The van der Waals surface area contributed by atoms with Crippen molar-refractivity contribution in [1.29, 1.82) is 0 Å². The van der Waals surface area contributed by atoms with Gasteiger partial charge in [0.1, 0.15) is 17.0 Å². The standard InChI is InChI=1S/C20H29N5O2S/c1-14-16-18(22-12-15-6-5-11-27-15)23-13-24-20(16)28-17(14)19(26)21-7-10-25-8-3-2-4-9-25/h13,15H,2-12H2,1H3,(H,21,26)(H,22,23,24)/t15-/m0/s1. The van der Waals surface area contributed by atoms with Gasteiger partial charge in [-0.15, -0.1) is 11.3 Å². The van der Waals surface area contributed by atoms with Gasteiger partial charge in [-0.3, -0.25) is 4.79 Å². The number of hydrogen-bond donors (Lipinski definition) is 2. The number of anilines is 1. The smallest absolute Gasteiger partial charge is 0.261 e. The summed E-state index contributed by atoms with van der Waals surface area (Å²) >= 11 is 1.44. The molecule has 0 aliphatic carbocycles. The normalized spacial score (nSPS) is 20.5. The third kappa shape index (κ3) is 4.45. The lowest BCUT2D eigenvalue weighted by Gasteiger charge is -2.26. The number of thiophene rings is 1. The topological polar surface area (TPSA) is 79.4 Å². The van der Waals surface area contributed by atoms with Crippen LogP contribution in [-0.2, 0) is 4.74 Å². The second-order valence-electron chi connectivity index (χ2n) is 7.63. The van der Waals surface area contributed by atoms with Gasteiger partial charge in [0.25, 0.3) is 5.91 Å². The minimum absolute atomic E-state index is 0.0115. The zero-order chi connectivity index (χ0) is 19.3. The van der Waals surface area contributed by atoms with E-state index in [1.165, 1.54) is 30.6 Å². The van der Waals surface area contributed by atoms with Crippen LogP contribution < -0.4 is 10.6 Å². The number of carbonyl (C=O) groups excluding carboxylic acids is 1. The van der Waals surface area contributed by atoms with E-state index in [2.05, 4.69) is 25.5 Å². The van der Waals surface area contributed by atoms with Gasteiger partial charge in [-0.25, -0.2) is 9.97 Å². The van der Waals surface area contributed by atoms with E-state index in [0.717, 1.165) is 72.1 Å². The molecule has 2 N–H and O–H groups in total. The van der Waals surface area contributed by atoms with E-state index in [9.17, 15) is 4.79 Å². The summed E-state index contributed by atoms with van der Waals surface area (Å²) in [5.74, 6) is 0.782. The largest absolute Gasteiger partial charge is 0.376 e. The predicted molar refractivity (Wildman–Crippen MR) is 112 cm³/mol. The molecule has 0 unspecified atom stereocenters. The Morgan fingerprint density at radius 1 is 1.29 bits per heavy atom. The van der Waals surface area contributed by atoms with Crippen molar-refractivity contribution in [2.45, 2.75) is 45.1 Å². The van der Waals surface area contributed by atoms with Crippen LogP contribution in [0.2, 0.25) is 0 Å². The Morgan fingerprint density at radius 2 is 2.14 bits per heavy atom. The fraction of sp³-hybridized carbons (Fsp3) is 0.650. The highest BCUT2D eigenvalue weighted by molar-refractivity contribution is 7.20. The van der Waals surface area contributed by atoms with Crippen molar-refractivity contribution in [3.8, 4) is 0 Å². The van der Waals surface area contributed by atoms with E-state index < -0.39 is 0 Å². The first-order chi connectivity index (χ1) is 13.7. The Hall–Kier alpha value is -1.77. The highest BCUT2D eigenvalue weighted by Crippen LogP contribution is 2.33. The van der Waals surface area contributed by atoms with Gasteiger partial charge in [0.05, 0.1) is 16.4 Å². The van der Waals surface area contributed by atoms with Crippen molar-refractivity contribution in [2.24, 2.45) is 0 Å². The van der Waals surface area contributed by atoms with Gasteiger partial charge in [0, 0.05) is 26.2 Å². The number of hydrogen-bond acceptors (Lipinski definition) is 7. The molecular formula is C20H29N5O2S. The molecule has 1 amide bonds. The Bertz CT molecular complexity index is 812. The summed E-state index contributed by atoms with van der Waals surface area (Å²) in [6, 6.07) is 0. The van der Waals surface area contributed by atoms with E-state index in [0.29, 0.717) is 6.54 Å². The Kier molecular flexibility index (Phi) is 6.39. The SMILES string of the molecule is Cc1c(C(=O)NCCN2CCCCC2)sc2ncnc(NC[C@@H]3CCCO3)c12. The lowest BCUT2D eigenvalue weighted by Crippen LogP contribution is -2.37. The molecule has 8 heteroatoms. The maximum atomic E-state index is 12.7. The lowest BCUT2D eigenvalue weighted by atomic mass is 10.1. The molecule has 2 aromatic rings. The van der Waals surface area contributed by atoms with E-state index >= 15 is 0 Å². The quantitative estimate of drug-likeness (QED) is 0.740. The summed E-state index contributed by atoms with van der Waals surface area (Å²) in [5.41, 5.74) is 0.950. The molecule has 2 aromatic heterocycles. The zero-order valence-electron chi connectivity index (χ0n) is 16.5. The van der Waals surface area contributed by atoms with Crippen LogP contribution in [-0.4, -0.2) is 66.2 Å². The third-order valence-electron chi connectivity index (χ3n) is 5.62. The molecular weight excluding hydrogens is 374 g/mol.